The number of halogens is 3. The third kappa shape index (κ3) is 5.02. The van der Waals surface area contributed by atoms with Crippen LogP contribution in [0.4, 0.5) is 20.3 Å². The Morgan fingerprint density at radius 2 is 1.95 bits per heavy atom. The normalized spacial score (nSPS) is 17.2. The van der Waals surface area contributed by atoms with E-state index in [1.807, 2.05) is 22.8 Å². The molecule has 1 saturated heterocycles. The first-order valence-corrected chi connectivity index (χ1v) is 13.4. The summed E-state index contributed by atoms with van der Waals surface area (Å²) in [5.41, 5.74) is 16.2. The molecule has 0 bridgehead atoms. The average molecular weight is 577 g/mol. The molecule has 5 aromatic rings. The number of anilines is 2. The zero-order valence-electron chi connectivity index (χ0n) is 22.2. The van der Waals surface area contributed by atoms with Crippen LogP contribution in [0.3, 0.4) is 0 Å². The molecule has 0 amide bonds. The zero-order valence-corrected chi connectivity index (χ0v) is 22.9. The van der Waals surface area contributed by atoms with Gasteiger partial charge in [-0.25, -0.2) is 23.7 Å². The largest absolute Gasteiger partial charge is 0.494 e. The van der Waals surface area contributed by atoms with Crippen molar-refractivity contribution in [2.24, 2.45) is 5.73 Å². The second-order valence-corrected chi connectivity index (χ2v) is 10.5. The van der Waals surface area contributed by atoms with Crippen molar-refractivity contribution in [3.05, 3.63) is 89.2 Å². The molecule has 1 aliphatic heterocycles. The molecule has 210 valence electrons. The smallest absolute Gasteiger partial charge is 0.165 e. The first-order valence-electron chi connectivity index (χ1n) is 13.0. The van der Waals surface area contributed by atoms with Crippen molar-refractivity contribution in [2.75, 3.05) is 30.8 Å². The summed E-state index contributed by atoms with van der Waals surface area (Å²) < 4.78 is 36.5. The van der Waals surface area contributed by atoms with Gasteiger partial charge in [0.2, 0.25) is 0 Å². The van der Waals surface area contributed by atoms with E-state index in [2.05, 4.69) is 24.8 Å². The van der Waals surface area contributed by atoms with Gasteiger partial charge in [0, 0.05) is 30.9 Å². The summed E-state index contributed by atoms with van der Waals surface area (Å²) in [6.07, 6.45) is 6.51. The number of aromatic nitrogens is 5. The van der Waals surface area contributed by atoms with E-state index < -0.39 is 17.2 Å². The van der Waals surface area contributed by atoms with Crippen molar-refractivity contribution < 1.29 is 13.5 Å². The van der Waals surface area contributed by atoms with E-state index in [0.717, 1.165) is 48.3 Å². The fourth-order valence-corrected chi connectivity index (χ4v) is 5.60. The Balaban J connectivity index is 1.44. The summed E-state index contributed by atoms with van der Waals surface area (Å²) in [4.78, 5) is 19.8. The number of hydrogen-bond acceptors (Lipinski definition) is 8. The van der Waals surface area contributed by atoms with Gasteiger partial charge in [-0.2, -0.15) is 0 Å². The van der Waals surface area contributed by atoms with Gasteiger partial charge in [0.25, 0.3) is 0 Å². The lowest BCUT2D eigenvalue weighted by Gasteiger charge is -2.41. The van der Waals surface area contributed by atoms with Crippen LogP contribution >= 0.6 is 11.6 Å². The number of benzene rings is 1. The SMILES string of the molecule is COc1cc(F)c(-c2cc(Cn3cnc4c(N)nccc43)c(N3CCC[C@](N)(c4cccc(Cl)n4)C3)cn2)cc1F. The summed E-state index contributed by atoms with van der Waals surface area (Å²) in [6, 6.07) is 11.1. The maximum atomic E-state index is 15.1. The van der Waals surface area contributed by atoms with Crippen molar-refractivity contribution in [1.29, 1.82) is 0 Å². The molecule has 4 aromatic heterocycles. The summed E-state index contributed by atoms with van der Waals surface area (Å²) in [5, 5.41) is 0.380. The van der Waals surface area contributed by atoms with Crippen LogP contribution in [-0.2, 0) is 12.1 Å². The molecule has 9 nitrogen and oxygen atoms in total. The van der Waals surface area contributed by atoms with Gasteiger partial charge >= 0.3 is 0 Å². The third-order valence-corrected chi connectivity index (χ3v) is 7.69. The minimum absolute atomic E-state index is 0.0231. The summed E-state index contributed by atoms with van der Waals surface area (Å²) in [5.74, 6) is -1.18. The fraction of sp³-hybridized carbons (Fsp3) is 0.241. The summed E-state index contributed by atoms with van der Waals surface area (Å²) in [6.45, 7) is 1.54. The van der Waals surface area contributed by atoms with Crippen LogP contribution in [0.1, 0.15) is 24.1 Å². The molecule has 0 radical (unpaired) electrons. The van der Waals surface area contributed by atoms with E-state index in [9.17, 15) is 4.39 Å². The minimum Gasteiger partial charge on any atom is -0.494 e. The summed E-state index contributed by atoms with van der Waals surface area (Å²) >= 11 is 6.18. The topological polar surface area (TPSA) is 121 Å². The lowest BCUT2D eigenvalue weighted by atomic mass is 9.86. The number of piperidine rings is 1. The molecule has 1 atom stereocenters. The second-order valence-electron chi connectivity index (χ2n) is 10.1. The molecule has 0 spiro atoms. The molecule has 6 rings (SSSR count). The Labute approximate surface area is 239 Å². The van der Waals surface area contributed by atoms with Crippen LogP contribution in [0, 0.1) is 11.6 Å². The number of hydrogen-bond donors (Lipinski definition) is 2. The zero-order chi connectivity index (χ0) is 28.7. The molecule has 5 heterocycles. The Hall–Kier alpha value is -4.35. The molecule has 41 heavy (non-hydrogen) atoms. The quantitative estimate of drug-likeness (QED) is 0.273. The van der Waals surface area contributed by atoms with E-state index >= 15 is 4.39 Å². The molecular weight excluding hydrogens is 550 g/mol. The lowest BCUT2D eigenvalue weighted by molar-refractivity contribution is 0.345. The Morgan fingerprint density at radius 1 is 1.10 bits per heavy atom. The van der Waals surface area contributed by atoms with Crippen molar-refractivity contribution in [2.45, 2.75) is 24.9 Å². The number of fused-ring (bicyclic) bond motifs is 1. The average Bonchev–Trinajstić information content (AvgIpc) is 3.38. The van der Waals surface area contributed by atoms with Gasteiger partial charge in [-0.3, -0.25) is 4.98 Å². The highest BCUT2D eigenvalue weighted by Crippen LogP contribution is 2.36. The van der Waals surface area contributed by atoms with Crippen molar-refractivity contribution >= 4 is 34.1 Å². The van der Waals surface area contributed by atoms with E-state index in [4.69, 9.17) is 27.8 Å². The Morgan fingerprint density at radius 3 is 2.76 bits per heavy atom. The van der Waals surface area contributed by atoms with E-state index in [1.54, 1.807) is 30.9 Å². The second kappa shape index (κ2) is 10.6. The number of nitrogen functional groups attached to an aromatic ring is 1. The number of rotatable bonds is 6. The van der Waals surface area contributed by atoms with Crippen LogP contribution in [-0.4, -0.2) is 44.7 Å². The molecule has 1 aliphatic rings. The number of nitrogens with zero attached hydrogens (tertiary/aromatic N) is 6. The van der Waals surface area contributed by atoms with Gasteiger partial charge in [0.1, 0.15) is 16.5 Å². The first-order chi connectivity index (χ1) is 19.8. The number of imidazole rings is 1. The van der Waals surface area contributed by atoms with Crippen molar-refractivity contribution in [3.63, 3.8) is 0 Å². The molecule has 4 N–H and O–H groups in total. The highest BCUT2D eigenvalue weighted by atomic mass is 35.5. The van der Waals surface area contributed by atoms with Crippen molar-refractivity contribution in [3.8, 4) is 17.0 Å². The van der Waals surface area contributed by atoms with Gasteiger partial charge in [0.05, 0.1) is 54.3 Å². The number of methoxy groups -OCH3 is 1. The highest BCUT2D eigenvalue weighted by Gasteiger charge is 2.36. The molecule has 0 saturated carbocycles. The molecule has 1 fully saturated rings. The van der Waals surface area contributed by atoms with Gasteiger partial charge in [0.15, 0.2) is 17.4 Å². The lowest BCUT2D eigenvalue weighted by Crippen LogP contribution is -2.52. The van der Waals surface area contributed by atoms with Gasteiger partial charge < -0.3 is 25.7 Å². The van der Waals surface area contributed by atoms with Crippen LogP contribution in [0.15, 0.2) is 61.2 Å². The maximum Gasteiger partial charge on any atom is 0.165 e. The van der Waals surface area contributed by atoms with E-state index in [0.29, 0.717) is 35.3 Å². The number of nitrogens with two attached hydrogens (primary N) is 2. The predicted molar refractivity (Wildman–Crippen MR) is 154 cm³/mol. The van der Waals surface area contributed by atoms with Crippen LogP contribution in [0.25, 0.3) is 22.3 Å². The molecular formula is C29H27ClF2N8O. The van der Waals surface area contributed by atoms with E-state index in [-0.39, 0.29) is 17.0 Å². The van der Waals surface area contributed by atoms with Gasteiger partial charge in [-0.1, -0.05) is 17.7 Å². The monoisotopic (exact) mass is 576 g/mol. The van der Waals surface area contributed by atoms with Gasteiger partial charge in [-0.05, 0) is 48.7 Å². The third-order valence-electron chi connectivity index (χ3n) is 7.48. The Kier molecular flexibility index (Phi) is 6.92. The molecule has 0 unspecified atom stereocenters. The minimum atomic E-state index is -0.744. The standard InChI is InChI=1S/C29H27ClF2N8O/c1-41-24-12-19(31)18(11-20(24)32)21-10-17(14-40-16-37-27-22(40)6-8-35-28(27)33)23(13-36-21)39-9-3-7-29(34,15-39)25-4-2-5-26(30)38-25/h2,4-6,8,10-13,16H,3,7,9,14-15,34H2,1H3,(H2,33,35)/t29-/m1/s1. The van der Waals surface area contributed by atoms with Crippen LogP contribution in [0.2, 0.25) is 5.15 Å². The molecule has 12 heteroatoms. The maximum absolute atomic E-state index is 15.1. The Bertz CT molecular complexity index is 1760. The van der Waals surface area contributed by atoms with E-state index in [1.165, 1.54) is 7.11 Å². The van der Waals surface area contributed by atoms with Crippen LogP contribution < -0.4 is 21.1 Å². The fourth-order valence-electron chi connectivity index (χ4n) is 5.44. The molecule has 1 aromatic carbocycles. The highest BCUT2D eigenvalue weighted by molar-refractivity contribution is 6.29. The summed E-state index contributed by atoms with van der Waals surface area (Å²) in [7, 11) is 1.29. The van der Waals surface area contributed by atoms with Crippen molar-refractivity contribution in [1.82, 2.24) is 24.5 Å². The molecule has 0 aliphatic carbocycles. The first kappa shape index (κ1) is 26.9. The predicted octanol–water partition coefficient (Wildman–Crippen LogP) is 4.91. The number of ether oxygens (including phenoxy) is 1. The van der Waals surface area contributed by atoms with Crippen LogP contribution in [0.5, 0.6) is 5.75 Å². The van der Waals surface area contributed by atoms with Gasteiger partial charge in [-0.15, -0.1) is 0 Å². The number of pyridine rings is 3.